The SMILES string of the molecule is O=C(O)C(CP(=O)(O)c1ccsc1)c1ccccc1. The van der Waals surface area contributed by atoms with Crippen molar-refractivity contribution in [1.29, 1.82) is 0 Å². The van der Waals surface area contributed by atoms with Crippen LogP contribution >= 0.6 is 18.7 Å². The molecular weight excluding hydrogens is 283 g/mol. The molecule has 1 heterocycles. The largest absolute Gasteiger partial charge is 0.481 e. The summed E-state index contributed by atoms with van der Waals surface area (Å²) < 4.78 is 12.3. The Balaban J connectivity index is 2.28. The zero-order chi connectivity index (χ0) is 13.9. The van der Waals surface area contributed by atoms with Crippen LogP contribution in [0.2, 0.25) is 0 Å². The Morgan fingerprint density at radius 3 is 2.47 bits per heavy atom. The standard InChI is InChI=1S/C13H13O4PS/c14-13(15)12(10-4-2-1-3-5-10)8-18(16,17)11-6-7-19-9-11/h1-7,9,12H,8H2,(H,14,15)(H,16,17). The van der Waals surface area contributed by atoms with Gasteiger partial charge >= 0.3 is 5.97 Å². The number of hydrogen-bond donors (Lipinski definition) is 2. The lowest BCUT2D eigenvalue weighted by atomic mass is 10.0. The highest BCUT2D eigenvalue weighted by atomic mass is 32.1. The summed E-state index contributed by atoms with van der Waals surface area (Å²) in [5.41, 5.74) is 0.541. The van der Waals surface area contributed by atoms with E-state index in [4.69, 9.17) is 0 Å². The second-order valence-corrected chi connectivity index (χ2v) is 7.23. The van der Waals surface area contributed by atoms with Crippen molar-refractivity contribution in [2.75, 3.05) is 6.16 Å². The molecular formula is C13H13O4PS. The first-order chi connectivity index (χ1) is 9.00. The molecule has 19 heavy (non-hydrogen) atoms. The Hall–Kier alpha value is -1.42. The van der Waals surface area contributed by atoms with Gasteiger partial charge < -0.3 is 10.00 Å². The minimum atomic E-state index is -3.64. The molecule has 1 aromatic heterocycles. The van der Waals surface area contributed by atoms with Crippen molar-refractivity contribution >= 4 is 30.0 Å². The number of hydrogen-bond acceptors (Lipinski definition) is 3. The van der Waals surface area contributed by atoms with Gasteiger partial charge in [-0.05, 0) is 17.0 Å². The molecule has 6 heteroatoms. The number of rotatable bonds is 5. The van der Waals surface area contributed by atoms with Crippen LogP contribution < -0.4 is 5.30 Å². The molecule has 0 bridgehead atoms. The van der Waals surface area contributed by atoms with E-state index in [1.54, 1.807) is 47.2 Å². The summed E-state index contributed by atoms with van der Waals surface area (Å²) >= 11 is 1.32. The van der Waals surface area contributed by atoms with Crippen LogP contribution in [0.3, 0.4) is 0 Å². The summed E-state index contributed by atoms with van der Waals surface area (Å²) in [7, 11) is -3.64. The Morgan fingerprint density at radius 1 is 1.26 bits per heavy atom. The van der Waals surface area contributed by atoms with Gasteiger partial charge in [-0.15, -0.1) is 0 Å². The van der Waals surface area contributed by atoms with Crippen LogP contribution in [0.4, 0.5) is 0 Å². The van der Waals surface area contributed by atoms with E-state index in [-0.39, 0.29) is 6.16 Å². The lowest BCUT2D eigenvalue weighted by Crippen LogP contribution is -2.19. The number of aliphatic carboxylic acids is 1. The number of carboxylic acids is 1. The molecule has 4 nitrogen and oxygen atoms in total. The van der Waals surface area contributed by atoms with Crippen LogP contribution in [-0.2, 0) is 9.36 Å². The van der Waals surface area contributed by atoms with Gasteiger partial charge in [-0.25, -0.2) is 0 Å². The summed E-state index contributed by atoms with van der Waals surface area (Å²) in [5.74, 6) is -2.06. The number of thiophene rings is 1. The maximum Gasteiger partial charge on any atom is 0.311 e. The summed E-state index contributed by atoms with van der Waals surface area (Å²) in [6, 6.07) is 10.1. The molecule has 0 spiro atoms. The molecule has 0 aliphatic heterocycles. The zero-order valence-corrected chi connectivity index (χ0v) is 11.7. The van der Waals surface area contributed by atoms with Crippen LogP contribution in [0.1, 0.15) is 11.5 Å². The molecule has 2 N–H and O–H groups in total. The minimum Gasteiger partial charge on any atom is -0.481 e. The molecule has 0 saturated heterocycles. The Morgan fingerprint density at radius 2 is 1.95 bits per heavy atom. The van der Waals surface area contributed by atoms with Gasteiger partial charge in [0.15, 0.2) is 0 Å². The summed E-state index contributed by atoms with van der Waals surface area (Å²) in [5, 5.41) is 12.9. The monoisotopic (exact) mass is 296 g/mol. The van der Waals surface area contributed by atoms with E-state index in [1.807, 2.05) is 0 Å². The Labute approximate surface area is 114 Å². The summed E-state index contributed by atoms with van der Waals surface area (Å²) in [6.45, 7) is 0. The molecule has 0 amide bonds. The average Bonchev–Trinajstić information content (AvgIpc) is 2.91. The van der Waals surface area contributed by atoms with E-state index in [2.05, 4.69) is 0 Å². The molecule has 100 valence electrons. The van der Waals surface area contributed by atoms with Crippen LogP contribution in [0, 0.1) is 0 Å². The Bertz CT molecular complexity index is 594. The first-order valence-corrected chi connectivity index (χ1v) is 8.42. The van der Waals surface area contributed by atoms with Crippen molar-refractivity contribution in [3.63, 3.8) is 0 Å². The third-order valence-corrected chi connectivity index (χ3v) is 5.64. The minimum absolute atomic E-state index is 0.289. The maximum atomic E-state index is 12.3. The van der Waals surface area contributed by atoms with Crippen molar-refractivity contribution in [3.05, 3.63) is 52.7 Å². The van der Waals surface area contributed by atoms with Crippen molar-refractivity contribution in [2.45, 2.75) is 5.92 Å². The molecule has 0 fully saturated rings. The molecule has 2 unspecified atom stereocenters. The number of carboxylic acid groups (broad SMARTS) is 1. The third-order valence-electron chi connectivity index (χ3n) is 2.84. The molecule has 2 atom stereocenters. The average molecular weight is 296 g/mol. The second-order valence-electron chi connectivity index (χ2n) is 4.17. The van der Waals surface area contributed by atoms with Crippen LogP contribution in [-0.4, -0.2) is 22.1 Å². The van der Waals surface area contributed by atoms with Gasteiger partial charge in [0.1, 0.15) is 0 Å². The van der Waals surface area contributed by atoms with Gasteiger partial charge in [0.2, 0.25) is 7.37 Å². The van der Waals surface area contributed by atoms with Crippen LogP contribution in [0.25, 0.3) is 0 Å². The lowest BCUT2D eigenvalue weighted by molar-refractivity contribution is -0.138. The van der Waals surface area contributed by atoms with E-state index < -0.39 is 19.3 Å². The van der Waals surface area contributed by atoms with Crippen LogP contribution in [0.5, 0.6) is 0 Å². The molecule has 0 radical (unpaired) electrons. The lowest BCUT2D eigenvalue weighted by Gasteiger charge is -2.16. The molecule has 2 aromatic rings. The highest BCUT2D eigenvalue weighted by Crippen LogP contribution is 2.44. The van der Waals surface area contributed by atoms with E-state index in [1.165, 1.54) is 11.3 Å². The fourth-order valence-electron chi connectivity index (χ4n) is 1.82. The van der Waals surface area contributed by atoms with Crippen LogP contribution in [0.15, 0.2) is 47.2 Å². The highest BCUT2D eigenvalue weighted by Gasteiger charge is 2.31. The first kappa shape index (κ1) is 14.0. The Kier molecular flexibility index (Phi) is 4.20. The molecule has 0 aliphatic carbocycles. The molecule has 0 aliphatic rings. The molecule has 0 saturated carbocycles. The first-order valence-electron chi connectivity index (χ1n) is 5.63. The van der Waals surface area contributed by atoms with Gasteiger partial charge in [0.05, 0.1) is 5.92 Å². The fraction of sp³-hybridized carbons (Fsp3) is 0.154. The maximum absolute atomic E-state index is 12.3. The normalized spacial score (nSPS) is 15.6. The molecule has 2 rings (SSSR count). The van der Waals surface area contributed by atoms with E-state index >= 15 is 0 Å². The van der Waals surface area contributed by atoms with Crippen molar-refractivity contribution in [3.8, 4) is 0 Å². The van der Waals surface area contributed by atoms with Gasteiger partial charge in [-0.3, -0.25) is 9.36 Å². The zero-order valence-electron chi connectivity index (χ0n) is 9.97. The van der Waals surface area contributed by atoms with Crippen molar-refractivity contribution in [1.82, 2.24) is 0 Å². The van der Waals surface area contributed by atoms with Gasteiger partial charge in [-0.1, -0.05) is 30.3 Å². The predicted octanol–water partition coefficient (Wildman–Crippen LogP) is 2.51. The fourth-order valence-corrected chi connectivity index (χ4v) is 4.66. The predicted molar refractivity (Wildman–Crippen MR) is 75.5 cm³/mol. The summed E-state index contributed by atoms with van der Waals surface area (Å²) in [6.07, 6.45) is -0.289. The van der Waals surface area contributed by atoms with Gasteiger partial charge in [0.25, 0.3) is 0 Å². The summed E-state index contributed by atoms with van der Waals surface area (Å²) in [4.78, 5) is 21.4. The van der Waals surface area contributed by atoms with E-state index in [0.29, 0.717) is 10.9 Å². The number of carbonyl (C=O) groups is 1. The van der Waals surface area contributed by atoms with Gasteiger partial charge in [0, 0.05) is 16.8 Å². The molecule has 1 aromatic carbocycles. The van der Waals surface area contributed by atoms with E-state index in [9.17, 15) is 19.4 Å². The second kappa shape index (κ2) is 5.70. The van der Waals surface area contributed by atoms with Gasteiger partial charge in [-0.2, -0.15) is 11.3 Å². The van der Waals surface area contributed by atoms with E-state index in [0.717, 1.165) is 0 Å². The smallest absolute Gasteiger partial charge is 0.311 e. The third kappa shape index (κ3) is 3.32. The topological polar surface area (TPSA) is 74.6 Å². The quantitative estimate of drug-likeness (QED) is 0.831. The van der Waals surface area contributed by atoms with Crippen molar-refractivity contribution in [2.24, 2.45) is 0 Å². The van der Waals surface area contributed by atoms with Crippen molar-refractivity contribution < 1.29 is 19.4 Å². The highest BCUT2D eigenvalue weighted by molar-refractivity contribution is 7.66. The number of benzene rings is 1.